The number of piperidine rings is 1. The molecule has 1 aliphatic heterocycles. The number of carbonyl (C=O) groups is 2. The van der Waals surface area contributed by atoms with E-state index in [-0.39, 0.29) is 12.1 Å². The largest absolute Gasteiger partial charge is 0.481 e. The summed E-state index contributed by atoms with van der Waals surface area (Å²) in [6.07, 6.45) is 3.10. The van der Waals surface area contributed by atoms with Crippen molar-refractivity contribution >= 4 is 12.0 Å². The van der Waals surface area contributed by atoms with Crippen LogP contribution in [0.3, 0.4) is 0 Å². The van der Waals surface area contributed by atoms with Gasteiger partial charge in [0.05, 0.1) is 5.92 Å². The lowest BCUT2D eigenvalue weighted by molar-refractivity contribution is -0.143. The molecule has 0 aromatic rings. The summed E-state index contributed by atoms with van der Waals surface area (Å²) in [6.45, 7) is 8.98. The van der Waals surface area contributed by atoms with Gasteiger partial charge in [0.1, 0.15) is 0 Å². The number of urea groups is 1. The number of likely N-dealkylation sites (tertiary alicyclic amines) is 1. The zero-order valence-corrected chi connectivity index (χ0v) is 11.1. The van der Waals surface area contributed by atoms with Gasteiger partial charge in [0.25, 0.3) is 0 Å². The van der Waals surface area contributed by atoms with Crippen molar-refractivity contribution in [2.45, 2.75) is 32.7 Å². The zero-order valence-electron chi connectivity index (χ0n) is 11.1. The van der Waals surface area contributed by atoms with Gasteiger partial charge in [-0.25, -0.2) is 4.79 Å². The third-order valence-electron chi connectivity index (χ3n) is 3.24. The van der Waals surface area contributed by atoms with Crippen LogP contribution in [0, 0.1) is 5.92 Å². The highest BCUT2D eigenvalue weighted by molar-refractivity contribution is 5.77. The number of rotatable bonds is 4. The van der Waals surface area contributed by atoms with Gasteiger partial charge in [-0.3, -0.25) is 4.79 Å². The van der Waals surface area contributed by atoms with Crippen LogP contribution in [0.25, 0.3) is 0 Å². The Kier molecular flexibility index (Phi) is 5.19. The van der Waals surface area contributed by atoms with Gasteiger partial charge in [0.2, 0.25) is 0 Å². The van der Waals surface area contributed by atoms with Crippen LogP contribution in [0.2, 0.25) is 0 Å². The van der Waals surface area contributed by atoms with Crippen LogP contribution in [-0.4, -0.2) is 52.6 Å². The molecule has 1 rings (SSSR count). The van der Waals surface area contributed by atoms with E-state index in [1.54, 1.807) is 15.9 Å². The minimum atomic E-state index is -0.813. The Labute approximate surface area is 108 Å². The molecule has 5 nitrogen and oxygen atoms in total. The first-order chi connectivity index (χ1) is 8.47. The lowest BCUT2D eigenvalue weighted by Crippen LogP contribution is -2.50. The molecule has 0 bridgehead atoms. The predicted molar refractivity (Wildman–Crippen MR) is 69.4 cm³/mol. The standard InChI is InChI=1S/C13H22N2O3/c1-4-7-15(10(2)3)13(18)14-8-5-6-11(9-14)12(16)17/h4,10-11H,1,5-9H2,2-3H3,(H,16,17)/t11-/m0/s1. The molecule has 1 aliphatic rings. The monoisotopic (exact) mass is 254 g/mol. The Bertz CT molecular complexity index is 328. The Hall–Kier alpha value is -1.52. The van der Waals surface area contributed by atoms with Gasteiger partial charge >= 0.3 is 12.0 Å². The molecule has 0 unspecified atom stereocenters. The molecule has 1 fully saturated rings. The normalized spacial score (nSPS) is 19.7. The second kappa shape index (κ2) is 6.42. The van der Waals surface area contributed by atoms with Crippen LogP contribution in [0.5, 0.6) is 0 Å². The molecule has 1 heterocycles. The molecule has 1 N–H and O–H groups in total. The van der Waals surface area contributed by atoms with E-state index in [9.17, 15) is 9.59 Å². The van der Waals surface area contributed by atoms with E-state index in [4.69, 9.17) is 5.11 Å². The Balaban J connectivity index is 2.69. The summed E-state index contributed by atoms with van der Waals surface area (Å²) in [6, 6.07) is -0.00319. The lowest BCUT2D eigenvalue weighted by atomic mass is 9.98. The highest BCUT2D eigenvalue weighted by Crippen LogP contribution is 2.18. The maximum Gasteiger partial charge on any atom is 0.320 e. The van der Waals surface area contributed by atoms with Gasteiger partial charge in [0.15, 0.2) is 0 Å². The first kappa shape index (κ1) is 14.5. The molecule has 0 saturated carbocycles. The maximum atomic E-state index is 12.3. The summed E-state index contributed by atoms with van der Waals surface area (Å²) >= 11 is 0. The van der Waals surface area contributed by atoms with Crippen molar-refractivity contribution in [3.63, 3.8) is 0 Å². The van der Waals surface area contributed by atoms with E-state index in [2.05, 4.69) is 6.58 Å². The molecule has 0 radical (unpaired) electrons. The lowest BCUT2D eigenvalue weighted by Gasteiger charge is -2.36. The van der Waals surface area contributed by atoms with Gasteiger partial charge in [-0.15, -0.1) is 6.58 Å². The zero-order chi connectivity index (χ0) is 13.7. The van der Waals surface area contributed by atoms with Crippen molar-refractivity contribution in [2.24, 2.45) is 5.92 Å². The highest BCUT2D eigenvalue weighted by Gasteiger charge is 2.30. The molecular weight excluding hydrogens is 232 g/mol. The van der Waals surface area contributed by atoms with Gasteiger partial charge in [-0.2, -0.15) is 0 Å². The first-order valence-corrected chi connectivity index (χ1v) is 6.36. The van der Waals surface area contributed by atoms with Crippen molar-refractivity contribution in [3.8, 4) is 0 Å². The van der Waals surface area contributed by atoms with E-state index in [1.165, 1.54) is 0 Å². The SMILES string of the molecule is C=CCN(C(=O)N1CCC[C@H](C(=O)O)C1)C(C)C. The molecule has 18 heavy (non-hydrogen) atoms. The van der Waals surface area contributed by atoms with Crippen molar-refractivity contribution in [3.05, 3.63) is 12.7 Å². The Morgan fingerprint density at radius 1 is 1.56 bits per heavy atom. The van der Waals surface area contributed by atoms with E-state index in [0.717, 1.165) is 6.42 Å². The van der Waals surface area contributed by atoms with Crippen LogP contribution in [-0.2, 0) is 4.79 Å². The molecule has 0 aromatic heterocycles. The minimum absolute atomic E-state index is 0.0840. The summed E-state index contributed by atoms with van der Waals surface area (Å²) in [4.78, 5) is 26.6. The van der Waals surface area contributed by atoms with Crippen LogP contribution in [0.1, 0.15) is 26.7 Å². The van der Waals surface area contributed by atoms with Gasteiger partial charge < -0.3 is 14.9 Å². The molecular formula is C13H22N2O3. The predicted octanol–water partition coefficient (Wildman–Crippen LogP) is 1.80. The quantitative estimate of drug-likeness (QED) is 0.778. The highest BCUT2D eigenvalue weighted by atomic mass is 16.4. The van der Waals surface area contributed by atoms with E-state index >= 15 is 0 Å². The number of carboxylic acids is 1. The Morgan fingerprint density at radius 2 is 2.22 bits per heavy atom. The fourth-order valence-electron chi connectivity index (χ4n) is 2.18. The number of aliphatic carboxylic acids is 1. The van der Waals surface area contributed by atoms with Gasteiger partial charge in [0, 0.05) is 25.7 Å². The summed E-state index contributed by atoms with van der Waals surface area (Å²) in [5.74, 6) is -1.24. The summed E-state index contributed by atoms with van der Waals surface area (Å²) in [5, 5.41) is 9.02. The fraction of sp³-hybridized carbons (Fsp3) is 0.692. The molecule has 102 valence electrons. The number of carboxylic acid groups (broad SMARTS) is 1. The maximum absolute atomic E-state index is 12.3. The van der Waals surface area contributed by atoms with E-state index in [1.807, 2.05) is 13.8 Å². The fourth-order valence-corrected chi connectivity index (χ4v) is 2.18. The van der Waals surface area contributed by atoms with Crippen molar-refractivity contribution in [1.82, 2.24) is 9.80 Å². The average molecular weight is 254 g/mol. The number of nitrogens with zero attached hydrogens (tertiary/aromatic N) is 2. The second-order valence-corrected chi connectivity index (χ2v) is 4.94. The third-order valence-corrected chi connectivity index (χ3v) is 3.24. The number of hydrogen-bond donors (Lipinski definition) is 1. The molecule has 1 saturated heterocycles. The van der Waals surface area contributed by atoms with Gasteiger partial charge in [-0.05, 0) is 26.7 Å². The van der Waals surface area contributed by atoms with Crippen LogP contribution >= 0.6 is 0 Å². The van der Waals surface area contributed by atoms with Crippen molar-refractivity contribution < 1.29 is 14.7 Å². The number of amides is 2. The molecule has 2 amide bonds. The van der Waals surface area contributed by atoms with Crippen LogP contribution < -0.4 is 0 Å². The van der Waals surface area contributed by atoms with Crippen molar-refractivity contribution in [2.75, 3.05) is 19.6 Å². The molecule has 0 aromatic carbocycles. The summed E-state index contributed by atoms with van der Waals surface area (Å²) in [5.41, 5.74) is 0. The Morgan fingerprint density at radius 3 is 2.72 bits per heavy atom. The first-order valence-electron chi connectivity index (χ1n) is 6.36. The molecule has 0 aliphatic carbocycles. The summed E-state index contributed by atoms with van der Waals surface area (Å²) in [7, 11) is 0. The minimum Gasteiger partial charge on any atom is -0.481 e. The van der Waals surface area contributed by atoms with Gasteiger partial charge in [-0.1, -0.05) is 6.08 Å². The van der Waals surface area contributed by atoms with E-state index in [0.29, 0.717) is 26.1 Å². The molecule has 5 heteroatoms. The van der Waals surface area contributed by atoms with Crippen LogP contribution in [0.15, 0.2) is 12.7 Å². The third kappa shape index (κ3) is 3.48. The second-order valence-electron chi connectivity index (χ2n) is 4.94. The van der Waals surface area contributed by atoms with Crippen molar-refractivity contribution in [1.29, 1.82) is 0 Å². The smallest absolute Gasteiger partial charge is 0.320 e. The topological polar surface area (TPSA) is 60.9 Å². The number of hydrogen-bond acceptors (Lipinski definition) is 2. The summed E-state index contributed by atoms with van der Waals surface area (Å²) < 4.78 is 0. The average Bonchev–Trinajstić information content (AvgIpc) is 2.35. The molecule has 0 spiro atoms. The van der Waals surface area contributed by atoms with E-state index < -0.39 is 11.9 Å². The molecule has 1 atom stereocenters. The van der Waals surface area contributed by atoms with Crippen LogP contribution in [0.4, 0.5) is 4.79 Å². The number of carbonyl (C=O) groups excluding carboxylic acids is 1.